The van der Waals surface area contributed by atoms with Gasteiger partial charge < -0.3 is 35.2 Å². The molecule has 0 unspecified atom stereocenters. The number of hydrogen-bond acceptors (Lipinski definition) is 7. The second kappa shape index (κ2) is 16.2. The van der Waals surface area contributed by atoms with Crippen LogP contribution < -0.4 is 20.7 Å². The van der Waals surface area contributed by atoms with Crippen LogP contribution in [-0.2, 0) is 35.1 Å². The number of nitrogens with zero attached hydrogens (tertiary/aromatic N) is 2. The molecule has 0 aliphatic carbocycles. The van der Waals surface area contributed by atoms with E-state index in [4.69, 9.17) is 9.47 Å². The van der Waals surface area contributed by atoms with Crippen molar-refractivity contribution in [2.24, 2.45) is 5.92 Å². The minimum absolute atomic E-state index is 0.0654. The molecule has 4 atom stereocenters. The minimum atomic E-state index is -0.957. The van der Waals surface area contributed by atoms with Gasteiger partial charge >= 0.3 is 0 Å². The smallest absolute Gasteiger partial charge is 0.258 e. The lowest BCUT2D eigenvalue weighted by Gasteiger charge is -2.29. The van der Waals surface area contributed by atoms with Gasteiger partial charge in [0.2, 0.25) is 23.6 Å². The zero-order valence-electron chi connectivity index (χ0n) is 27.0. The molecule has 5 amide bonds. The van der Waals surface area contributed by atoms with Crippen LogP contribution in [0.1, 0.15) is 44.2 Å². The van der Waals surface area contributed by atoms with Crippen LogP contribution in [-0.4, -0.2) is 104 Å². The van der Waals surface area contributed by atoms with Crippen LogP contribution in [0, 0.1) is 5.92 Å². The first-order chi connectivity index (χ1) is 22.0. The summed E-state index contributed by atoms with van der Waals surface area (Å²) < 4.78 is 11.0. The number of hydrogen-bond donors (Lipinski definition) is 3. The SMILES string of the molecule is COCCN1CC(=O)N[C@@H](Cc2ccccc2)C(=O)N[C@@H]2CN(C(C)=O)C[C@H]2c2cccc(c2)OCC(=O)N[C@H](CC(C)C)C1=O. The Hall–Kier alpha value is -4.45. The summed E-state index contributed by atoms with van der Waals surface area (Å²) in [6, 6.07) is 14.3. The first kappa shape index (κ1) is 34.4. The highest BCUT2D eigenvalue weighted by Crippen LogP contribution is 2.30. The number of amides is 5. The molecule has 2 bridgehead atoms. The zero-order chi connectivity index (χ0) is 33.2. The van der Waals surface area contributed by atoms with Crippen LogP contribution in [0.25, 0.3) is 0 Å². The lowest BCUT2D eigenvalue weighted by atomic mass is 9.93. The lowest BCUT2D eigenvalue weighted by molar-refractivity contribution is -0.141. The van der Waals surface area contributed by atoms with Gasteiger partial charge in [0, 0.05) is 46.0 Å². The number of methoxy groups -OCH3 is 1. The second-order valence-electron chi connectivity index (χ2n) is 12.3. The lowest BCUT2D eigenvalue weighted by Crippen LogP contribution is -2.56. The van der Waals surface area contributed by atoms with Crippen molar-refractivity contribution in [1.29, 1.82) is 0 Å². The summed E-state index contributed by atoms with van der Waals surface area (Å²) >= 11 is 0. The predicted molar refractivity (Wildman–Crippen MR) is 171 cm³/mol. The van der Waals surface area contributed by atoms with Crippen molar-refractivity contribution >= 4 is 29.5 Å². The molecule has 0 saturated carbocycles. The molecule has 2 aromatic carbocycles. The van der Waals surface area contributed by atoms with E-state index in [1.165, 1.54) is 18.9 Å². The molecule has 2 aromatic rings. The van der Waals surface area contributed by atoms with Crippen molar-refractivity contribution in [2.75, 3.05) is 46.5 Å². The van der Waals surface area contributed by atoms with E-state index in [0.717, 1.165) is 11.1 Å². The van der Waals surface area contributed by atoms with Gasteiger partial charge in [-0.2, -0.15) is 0 Å². The molecule has 2 aliphatic heterocycles. The van der Waals surface area contributed by atoms with Gasteiger partial charge in [-0.15, -0.1) is 0 Å². The number of carbonyl (C=O) groups is 5. The van der Waals surface area contributed by atoms with Crippen LogP contribution in [0.5, 0.6) is 5.75 Å². The van der Waals surface area contributed by atoms with E-state index in [1.54, 1.807) is 23.1 Å². The van der Waals surface area contributed by atoms with Gasteiger partial charge in [-0.25, -0.2) is 0 Å². The van der Waals surface area contributed by atoms with Crippen LogP contribution in [0.15, 0.2) is 54.6 Å². The number of rotatable bonds is 7. The molecule has 3 N–H and O–H groups in total. The molecule has 1 fully saturated rings. The monoisotopic (exact) mass is 635 g/mol. The highest BCUT2D eigenvalue weighted by molar-refractivity contribution is 5.93. The molecule has 2 heterocycles. The molecular weight excluding hydrogens is 590 g/mol. The Labute approximate surface area is 270 Å². The number of likely N-dealkylation sites (tertiary alicyclic amines) is 1. The van der Waals surface area contributed by atoms with Crippen molar-refractivity contribution in [3.05, 3.63) is 65.7 Å². The summed E-state index contributed by atoms with van der Waals surface area (Å²) in [5.74, 6) is -1.69. The summed E-state index contributed by atoms with van der Waals surface area (Å²) in [7, 11) is 1.50. The van der Waals surface area contributed by atoms with Gasteiger partial charge in [0.1, 0.15) is 17.8 Å². The Kier molecular flexibility index (Phi) is 12.1. The van der Waals surface area contributed by atoms with E-state index >= 15 is 0 Å². The maximum atomic E-state index is 13.9. The average Bonchev–Trinajstić information content (AvgIpc) is 3.45. The Balaban J connectivity index is 1.71. The molecule has 0 radical (unpaired) electrons. The highest BCUT2D eigenvalue weighted by atomic mass is 16.5. The van der Waals surface area contributed by atoms with E-state index in [-0.39, 0.29) is 50.5 Å². The molecule has 0 aromatic heterocycles. The third kappa shape index (κ3) is 9.53. The molecule has 12 heteroatoms. The molecule has 46 heavy (non-hydrogen) atoms. The Morgan fingerprint density at radius 3 is 2.39 bits per heavy atom. The third-order valence-electron chi connectivity index (χ3n) is 8.24. The van der Waals surface area contributed by atoms with Crippen molar-refractivity contribution in [3.63, 3.8) is 0 Å². The third-order valence-corrected chi connectivity index (χ3v) is 8.24. The predicted octanol–water partition coefficient (Wildman–Crippen LogP) is 1.24. The van der Waals surface area contributed by atoms with Crippen LogP contribution in [0.4, 0.5) is 0 Å². The first-order valence-electron chi connectivity index (χ1n) is 15.7. The Morgan fingerprint density at radius 2 is 1.70 bits per heavy atom. The van der Waals surface area contributed by atoms with Crippen LogP contribution in [0.3, 0.4) is 0 Å². The van der Waals surface area contributed by atoms with Gasteiger partial charge in [-0.3, -0.25) is 24.0 Å². The molecular formula is C34H45N5O7. The zero-order valence-corrected chi connectivity index (χ0v) is 27.0. The second-order valence-corrected chi connectivity index (χ2v) is 12.3. The largest absolute Gasteiger partial charge is 0.484 e. The van der Waals surface area contributed by atoms with Gasteiger partial charge in [-0.05, 0) is 35.6 Å². The number of ether oxygens (including phenoxy) is 2. The minimum Gasteiger partial charge on any atom is -0.484 e. The number of nitrogens with one attached hydrogen (secondary N) is 3. The summed E-state index contributed by atoms with van der Waals surface area (Å²) in [4.78, 5) is 69.7. The molecule has 248 valence electrons. The van der Waals surface area contributed by atoms with Crippen LogP contribution in [0.2, 0.25) is 0 Å². The van der Waals surface area contributed by atoms with Crippen molar-refractivity contribution < 1.29 is 33.4 Å². The summed E-state index contributed by atoms with van der Waals surface area (Å²) in [5, 5.41) is 8.76. The van der Waals surface area contributed by atoms with Crippen molar-refractivity contribution in [2.45, 2.75) is 57.7 Å². The van der Waals surface area contributed by atoms with Crippen molar-refractivity contribution in [1.82, 2.24) is 25.8 Å². The summed E-state index contributed by atoms with van der Waals surface area (Å²) in [5.41, 5.74) is 1.67. The number of benzene rings is 2. The fourth-order valence-corrected chi connectivity index (χ4v) is 5.90. The standard InChI is InChI=1S/C34H45N5O7/c1-22(2)15-29-34(44)38(13-14-45-4)20-31(41)35-28(16-24-9-6-5-7-10-24)33(43)37-30-19-39(23(3)40)18-27(30)25-11-8-12-26(17-25)46-21-32(42)36-29/h5-12,17,22,27-30H,13-16,18-21H2,1-4H3,(H,35,41)(H,36,42)(H,37,43)/t27-,28-,29+,30+/m0/s1. The van der Waals surface area contributed by atoms with Gasteiger partial charge in [0.15, 0.2) is 6.61 Å². The topological polar surface area (TPSA) is 146 Å². The Morgan fingerprint density at radius 1 is 0.957 bits per heavy atom. The van der Waals surface area contributed by atoms with E-state index in [2.05, 4.69) is 16.0 Å². The normalized spacial score (nSPS) is 23.1. The van der Waals surface area contributed by atoms with Crippen molar-refractivity contribution in [3.8, 4) is 5.75 Å². The first-order valence-corrected chi connectivity index (χ1v) is 15.7. The molecule has 12 nitrogen and oxygen atoms in total. The quantitative estimate of drug-likeness (QED) is 0.415. The van der Waals surface area contributed by atoms with Gasteiger partial charge in [0.25, 0.3) is 5.91 Å². The highest BCUT2D eigenvalue weighted by Gasteiger charge is 2.38. The maximum absolute atomic E-state index is 13.9. The van der Waals surface area contributed by atoms with Gasteiger partial charge in [0.05, 0.1) is 19.2 Å². The van der Waals surface area contributed by atoms with E-state index in [9.17, 15) is 24.0 Å². The number of fused-ring (bicyclic) bond motifs is 4. The molecule has 1 saturated heterocycles. The average molecular weight is 636 g/mol. The fourth-order valence-electron chi connectivity index (χ4n) is 5.90. The summed E-state index contributed by atoms with van der Waals surface area (Å²) in [6.45, 7) is 5.66. The van der Waals surface area contributed by atoms with E-state index in [0.29, 0.717) is 25.3 Å². The van der Waals surface area contributed by atoms with E-state index < -0.39 is 41.8 Å². The molecule has 0 spiro atoms. The maximum Gasteiger partial charge on any atom is 0.258 e. The molecule has 2 aliphatic rings. The van der Waals surface area contributed by atoms with Gasteiger partial charge in [-0.1, -0.05) is 56.3 Å². The summed E-state index contributed by atoms with van der Waals surface area (Å²) in [6.07, 6.45) is 0.563. The fraction of sp³-hybridized carbons (Fsp3) is 0.500. The van der Waals surface area contributed by atoms with Crippen LogP contribution >= 0.6 is 0 Å². The Bertz CT molecular complexity index is 1380. The van der Waals surface area contributed by atoms with E-state index in [1.807, 2.05) is 50.2 Å². The number of carbonyl (C=O) groups excluding carboxylic acids is 5. The molecule has 4 rings (SSSR count).